The number of carbonyl (C=O) groups excluding carboxylic acids is 4. The van der Waals surface area contributed by atoms with Gasteiger partial charge in [0.05, 0.1) is 26.4 Å². The Balaban J connectivity index is 5.27. The van der Waals surface area contributed by atoms with E-state index in [0.29, 0.717) is 25.7 Å². The van der Waals surface area contributed by atoms with E-state index in [0.717, 1.165) is 108 Å². The topological polar surface area (TPSA) is 237 Å². The second-order valence-corrected chi connectivity index (χ2v) is 33.8. The van der Waals surface area contributed by atoms with Crippen molar-refractivity contribution < 1.29 is 80.2 Å². The maximum absolute atomic E-state index is 13.1. The number of aliphatic hydroxyl groups excluding tert-OH is 1. The fraction of sp³-hybridized carbons (Fsp3) is 0.951. The summed E-state index contributed by atoms with van der Waals surface area (Å²) in [6.07, 6.45) is 61.0. The number of aliphatic hydroxyl groups is 1. The lowest BCUT2D eigenvalue weighted by atomic mass is 10.0. The lowest BCUT2D eigenvalue weighted by molar-refractivity contribution is -0.161. The highest BCUT2D eigenvalue weighted by atomic mass is 31.2. The summed E-state index contributed by atoms with van der Waals surface area (Å²) in [6, 6.07) is 0. The Hall–Kier alpha value is -1.94. The standard InChI is InChI=1S/C82H160O17P2/c1-8-9-10-11-12-13-14-15-16-17-18-22-28-35-42-49-56-63-79(84)92-69-77(98-81(86)65-58-51-44-36-29-23-20-19-21-26-32-39-46-53-60-73(2)3)71-96-100(88,89)94-67-76(83)68-95-101(90,91)97-72-78(70-93-80(85)64-57-50-43-38-31-34-41-48-55-62-75(6)7)99-82(87)66-59-52-45-37-30-25-24-27-33-40-47-54-61-74(4)5/h73-78,83H,8-72H2,1-7H3,(H,88,89)(H,90,91)/t76-,77-,78-/m1/s1. The third-order valence-corrected chi connectivity index (χ3v) is 21.0. The zero-order chi connectivity index (χ0) is 74.4. The molecule has 3 N–H and O–H groups in total. The predicted octanol–water partition coefficient (Wildman–Crippen LogP) is 24.5. The van der Waals surface area contributed by atoms with E-state index >= 15 is 0 Å². The molecule has 0 aliphatic carbocycles. The molecular formula is C82H160O17P2. The fourth-order valence-electron chi connectivity index (χ4n) is 12.7. The molecule has 600 valence electrons. The lowest BCUT2D eigenvalue weighted by Crippen LogP contribution is -2.30. The molecule has 19 heteroatoms. The van der Waals surface area contributed by atoms with Crippen molar-refractivity contribution in [2.45, 2.75) is 446 Å². The Morgan fingerprint density at radius 1 is 0.267 bits per heavy atom. The largest absolute Gasteiger partial charge is 0.472 e. The molecule has 0 saturated carbocycles. The van der Waals surface area contributed by atoms with Gasteiger partial charge in [-0.3, -0.25) is 37.3 Å². The predicted molar refractivity (Wildman–Crippen MR) is 414 cm³/mol. The molecule has 0 bridgehead atoms. The van der Waals surface area contributed by atoms with Crippen molar-refractivity contribution in [3.8, 4) is 0 Å². The maximum Gasteiger partial charge on any atom is 0.472 e. The molecule has 0 radical (unpaired) electrons. The number of hydrogen-bond acceptors (Lipinski definition) is 15. The number of carbonyl (C=O) groups is 4. The first kappa shape index (κ1) is 99.1. The molecule has 0 saturated heterocycles. The van der Waals surface area contributed by atoms with Gasteiger partial charge in [-0.25, -0.2) is 9.13 Å². The van der Waals surface area contributed by atoms with E-state index in [9.17, 15) is 43.2 Å². The molecule has 5 atom stereocenters. The summed E-state index contributed by atoms with van der Waals surface area (Å²) in [5, 5.41) is 10.7. The van der Waals surface area contributed by atoms with Crippen molar-refractivity contribution in [2.24, 2.45) is 17.8 Å². The van der Waals surface area contributed by atoms with Crippen LogP contribution in [0.5, 0.6) is 0 Å². The number of rotatable bonds is 80. The van der Waals surface area contributed by atoms with Crippen LogP contribution in [-0.2, 0) is 65.4 Å². The first-order valence-electron chi connectivity index (χ1n) is 42.3. The van der Waals surface area contributed by atoms with Crippen molar-refractivity contribution in [1.29, 1.82) is 0 Å². The van der Waals surface area contributed by atoms with Crippen LogP contribution in [0.1, 0.15) is 427 Å². The van der Waals surface area contributed by atoms with Gasteiger partial charge in [0.25, 0.3) is 0 Å². The van der Waals surface area contributed by atoms with Gasteiger partial charge in [0.15, 0.2) is 12.2 Å². The highest BCUT2D eigenvalue weighted by Gasteiger charge is 2.30. The van der Waals surface area contributed by atoms with Crippen LogP contribution in [0.15, 0.2) is 0 Å². The van der Waals surface area contributed by atoms with Gasteiger partial charge in [-0.1, -0.05) is 376 Å². The van der Waals surface area contributed by atoms with Gasteiger partial charge in [0.1, 0.15) is 19.3 Å². The zero-order valence-electron chi connectivity index (χ0n) is 66.4. The van der Waals surface area contributed by atoms with Crippen LogP contribution >= 0.6 is 15.6 Å². The molecule has 0 spiro atoms. The van der Waals surface area contributed by atoms with E-state index in [2.05, 4.69) is 48.5 Å². The Labute approximate surface area is 619 Å². The third-order valence-electron chi connectivity index (χ3n) is 19.1. The molecule has 0 aromatic carbocycles. The minimum absolute atomic E-state index is 0.107. The molecule has 17 nitrogen and oxygen atoms in total. The minimum Gasteiger partial charge on any atom is -0.462 e. The average Bonchev–Trinajstić information content (AvgIpc) is 1.52. The van der Waals surface area contributed by atoms with Crippen LogP contribution in [0.2, 0.25) is 0 Å². The summed E-state index contributed by atoms with van der Waals surface area (Å²) in [7, 11) is -9.92. The summed E-state index contributed by atoms with van der Waals surface area (Å²) in [6.45, 7) is 12.0. The van der Waals surface area contributed by atoms with E-state index in [-0.39, 0.29) is 25.7 Å². The highest BCUT2D eigenvalue weighted by Crippen LogP contribution is 2.45. The zero-order valence-corrected chi connectivity index (χ0v) is 68.2. The van der Waals surface area contributed by atoms with E-state index in [4.69, 9.17) is 37.0 Å². The first-order valence-corrected chi connectivity index (χ1v) is 45.3. The number of esters is 4. The number of ether oxygens (including phenoxy) is 4. The molecule has 0 fully saturated rings. The van der Waals surface area contributed by atoms with Crippen molar-refractivity contribution in [1.82, 2.24) is 0 Å². The fourth-order valence-corrected chi connectivity index (χ4v) is 14.2. The quantitative estimate of drug-likeness (QED) is 0.0222. The Morgan fingerprint density at radius 2 is 0.455 bits per heavy atom. The molecule has 0 aromatic rings. The molecule has 0 aliphatic heterocycles. The third kappa shape index (κ3) is 76.1. The van der Waals surface area contributed by atoms with Gasteiger partial charge in [-0.15, -0.1) is 0 Å². The Bertz CT molecular complexity index is 1960. The van der Waals surface area contributed by atoms with E-state index in [1.807, 2.05) is 0 Å². The van der Waals surface area contributed by atoms with Crippen molar-refractivity contribution in [3.05, 3.63) is 0 Å². The Morgan fingerprint density at radius 3 is 0.673 bits per heavy atom. The van der Waals surface area contributed by atoms with Gasteiger partial charge >= 0.3 is 39.5 Å². The SMILES string of the molecule is CCCCCCCCCCCCCCCCCCCC(=O)OC[C@H](COP(=O)(O)OC[C@@H](O)COP(=O)(O)OC[C@@H](COC(=O)CCCCCCCCCCCC(C)C)OC(=O)CCCCCCCCCCCCCCC(C)C)OC(=O)CCCCCCCCCCCCCCCCC(C)C. The smallest absolute Gasteiger partial charge is 0.462 e. The van der Waals surface area contributed by atoms with Gasteiger partial charge in [-0.05, 0) is 43.4 Å². The number of hydrogen-bond donors (Lipinski definition) is 3. The van der Waals surface area contributed by atoms with Crippen LogP contribution in [-0.4, -0.2) is 96.7 Å². The highest BCUT2D eigenvalue weighted by molar-refractivity contribution is 7.47. The molecule has 0 aromatic heterocycles. The summed E-state index contributed by atoms with van der Waals surface area (Å²) in [5.41, 5.74) is 0. The number of phosphoric ester groups is 2. The molecule has 0 heterocycles. The van der Waals surface area contributed by atoms with Crippen LogP contribution < -0.4 is 0 Å². The molecule has 101 heavy (non-hydrogen) atoms. The van der Waals surface area contributed by atoms with Crippen molar-refractivity contribution in [3.63, 3.8) is 0 Å². The van der Waals surface area contributed by atoms with Gasteiger partial charge in [-0.2, -0.15) is 0 Å². The minimum atomic E-state index is -4.96. The van der Waals surface area contributed by atoms with E-state index < -0.39 is 97.5 Å². The lowest BCUT2D eigenvalue weighted by Gasteiger charge is -2.21. The average molecular weight is 1480 g/mol. The molecule has 0 rings (SSSR count). The van der Waals surface area contributed by atoms with Gasteiger partial charge < -0.3 is 33.8 Å². The molecular weight excluding hydrogens is 1320 g/mol. The molecule has 0 aliphatic rings. The monoisotopic (exact) mass is 1480 g/mol. The van der Waals surface area contributed by atoms with Crippen LogP contribution in [0, 0.1) is 17.8 Å². The second kappa shape index (κ2) is 72.3. The second-order valence-electron chi connectivity index (χ2n) is 30.9. The summed E-state index contributed by atoms with van der Waals surface area (Å²) >= 11 is 0. The van der Waals surface area contributed by atoms with Crippen LogP contribution in [0.25, 0.3) is 0 Å². The Kier molecular flexibility index (Phi) is 70.9. The molecule has 2 unspecified atom stereocenters. The van der Waals surface area contributed by atoms with Crippen molar-refractivity contribution >= 4 is 39.5 Å². The number of unbranched alkanes of at least 4 members (excludes halogenated alkanes) is 48. The summed E-state index contributed by atoms with van der Waals surface area (Å²) in [4.78, 5) is 73.1. The van der Waals surface area contributed by atoms with Crippen LogP contribution in [0.4, 0.5) is 0 Å². The van der Waals surface area contributed by atoms with E-state index in [1.165, 1.54) is 238 Å². The first-order chi connectivity index (χ1) is 48.7. The van der Waals surface area contributed by atoms with Gasteiger partial charge in [0, 0.05) is 25.7 Å². The normalized spacial score (nSPS) is 14.0. The maximum atomic E-state index is 13.1. The van der Waals surface area contributed by atoms with E-state index in [1.54, 1.807) is 0 Å². The molecule has 0 amide bonds. The summed E-state index contributed by atoms with van der Waals surface area (Å²) < 4.78 is 68.8. The number of phosphoric acid groups is 2. The van der Waals surface area contributed by atoms with Gasteiger partial charge in [0.2, 0.25) is 0 Å². The van der Waals surface area contributed by atoms with Crippen molar-refractivity contribution in [2.75, 3.05) is 39.6 Å². The summed E-state index contributed by atoms with van der Waals surface area (Å²) in [5.74, 6) is 0.207. The van der Waals surface area contributed by atoms with Crippen LogP contribution in [0.3, 0.4) is 0 Å².